The number of anilines is 2. The lowest BCUT2D eigenvalue weighted by Crippen LogP contribution is -2.33. The first-order chi connectivity index (χ1) is 14.7. The normalized spacial score (nSPS) is 13.8. The van der Waals surface area contributed by atoms with Crippen LogP contribution < -0.4 is 10.6 Å². The largest absolute Gasteiger partial charge is 0.435 e. The zero-order chi connectivity index (χ0) is 22.2. The molecule has 0 unspecified atom stereocenters. The van der Waals surface area contributed by atoms with Crippen molar-refractivity contribution < 1.29 is 18.0 Å². The third-order valence-corrected chi connectivity index (χ3v) is 5.58. The Morgan fingerprint density at radius 3 is 2.48 bits per heavy atom. The van der Waals surface area contributed by atoms with E-state index in [1.165, 1.54) is 24.5 Å². The van der Waals surface area contributed by atoms with Crippen LogP contribution in [0.3, 0.4) is 0 Å². The minimum Gasteiger partial charge on any atom is -0.398 e. The van der Waals surface area contributed by atoms with Crippen molar-refractivity contribution in [3.8, 4) is 0 Å². The fourth-order valence-corrected chi connectivity index (χ4v) is 3.38. The van der Waals surface area contributed by atoms with Gasteiger partial charge in [-0.25, -0.2) is 15.0 Å². The Kier molecular flexibility index (Phi) is 5.65. The molecule has 0 aliphatic heterocycles. The molecular formula is C21H17BrF3N5O. The molecule has 0 bridgehead atoms. The molecule has 1 aliphatic carbocycles. The van der Waals surface area contributed by atoms with Gasteiger partial charge in [0.1, 0.15) is 5.82 Å². The number of pyridine rings is 1. The van der Waals surface area contributed by atoms with Crippen molar-refractivity contribution in [1.29, 1.82) is 0 Å². The number of alkyl halides is 3. The van der Waals surface area contributed by atoms with Crippen molar-refractivity contribution in [2.75, 3.05) is 10.6 Å². The minimum absolute atomic E-state index is 0.0893. The van der Waals surface area contributed by atoms with Gasteiger partial charge >= 0.3 is 6.18 Å². The summed E-state index contributed by atoms with van der Waals surface area (Å²) in [4.78, 5) is 26.2. The lowest BCUT2D eigenvalue weighted by molar-refractivity contribution is -0.140. The first-order valence-corrected chi connectivity index (χ1v) is 10.2. The number of hydrogen-bond acceptors (Lipinski definition) is 5. The second kappa shape index (κ2) is 8.26. The van der Waals surface area contributed by atoms with Crippen molar-refractivity contribution in [3.63, 3.8) is 0 Å². The Balaban J connectivity index is 1.75. The highest BCUT2D eigenvalue weighted by molar-refractivity contribution is 9.10. The van der Waals surface area contributed by atoms with Gasteiger partial charge in [-0.2, -0.15) is 13.2 Å². The molecule has 10 heteroatoms. The molecule has 1 aliphatic rings. The summed E-state index contributed by atoms with van der Waals surface area (Å²) >= 11 is 3.29. The van der Waals surface area contributed by atoms with Gasteiger partial charge in [-0.3, -0.25) is 4.79 Å². The Bertz CT molecular complexity index is 1120. The van der Waals surface area contributed by atoms with Gasteiger partial charge in [-0.05, 0) is 58.6 Å². The van der Waals surface area contributed by atoms with Crippen LogP contribution in [0.4, 0.5) is 24.5 Å². The minimum atomic E-state index is -4.74. The Morgan fingerprint density at radius 1 is 1.16 bits per heavy atom. The van der Waals surface area contributed by atoms with Crippen LogP contribution in [-0.2, 0) is 12.7 Å². The second-order valence-electron chi connectivity index (χ2n) is 7.22. The van der Waals surface area contributed by atoms with Crippen LogP contribution in [0.15, 0.2) is 53.4 Å². The van der Waals surface area contributed by atoms with Gasteiger partial charge in [-0.15, -0.1) is 0 Å². The molecule has 6 nitrogen and oxygen atoms in total. The van der Waals surface area contributed by atoms with E-state index in [4.69, 9.17) is 5.73 Å². The van der Waals surface area contributed by atoms with Crippen LogP contribution in [0.2, 0.25) is 0 Å². The van der Waals surface area contributed by atoms with E-state index in [1.807, 2.05) is 0 Å². The average molecular weight is 492 g/mol. The number of hydrogen-bond donors (Lipinski definition) is 1. The van der Waals surface area contributed by atoms with Crippen LogP contribution in [0, 0.1) is 0 Å². The summed E-state index contributed by atoms with van der Waals surface area (Å²) in [5.74, 6) is 0.268. The Morgan fingerprint density at radius 2 is 1.87 bits per heavy atom. The van der Waals surface area contributed by atoms with Crippen LogP contribution in [0.25, 0.3) is 0 Å². The highest BCUT2D eigenvalue weighted by atomic mass is 79.9. The first-order valence-electron chi connectivity index (χ1n) is 9.44. The van der Waals surface area contributed by atoms with Crippen LogP contribution >= 0.6 is 15.9 Å². The van der Waals surface area contributed by atoms with E-state index < -0.39 is 17.8 Å². The summed E-state index contributed by atoms with van der Waals surface area (Å²) in [6, 6.07) is 7.52. The van der Waals surface area contributed by atoms with Crippen LogP contribution in [-0.4, -0.2) is 20.9 Å². The standard InChI is InChI=1S/C21H17BrF3N5O/c22-15-6-3-12(8-16(15)26)11-30(17-2-1-7-27-18(17)21(23,24)25)20(31)14-9-28-19(29-10-14)13-4-5-13/h1-3,6-10,13H,4-5,11,26H2. The fraction of sp³-hybridized carbons (Fsp3) is 0.238. The molecule has 2 heterocycles. The fourth-order valence-electron chi connectivity index (χ4n) is 3.13. The predicted octanol–water partition coefficient (Wildman–Crippen LogP) is 4.96. The Labute approximate surface area is 184 Å². The molecule has 0 saturated heterocycles. The van der Waals surface area contributed by atoms with Gasteiger partial charge in [0, 0.05) is 34.7 Å². The Hall–Kier alpha value is -3.01. The van der Waals surface area contributed by atoms with E-state index in [9.17, 15) is 18.0 Å². The molecule has 2 N–H and O–H groups in total. The van der Waals surface area contributed by atoms with Gasteiger partial charge in [0.15, 0.2) is 5.69 Å². The SMILES string of the molecule is Nc1cc(CN(C(=O)c2cnc(C3CC3)nc2)c2cccnc2C(F)(F)F)ccc1Br. The smallest absolute Gasteiger partial charge is 0.398 e. The number of aromatic nitrogens is 3. The van der Waals surface area contributed by atoms with Gasteiger partial charge < -0.3 is 10.6 Å². The number of nitrogen functional groups attached to an aromatic ring is 1. The molecule has 0 atom stereocenters. The van der Waals surface area contributed by atoms with E-state index >= 15 is 0 Å². The summed E-state index contributed by atoms with van der Waals surface area (Å²) in [7, 11) is 0. The monoisotopic (exact) mass is 491 g/mol. The van der Waals surface area contributed by atoms with E-state index in [0.29, 0.717) is 27.5 Å². The molecule has 1 amide bonds. The van der Waals surface area contributed by atoms with E-state index in [2.05, 4.69) is 30.9 Å². The summed E-state index contributed by atoms with van der Waals surface area (Å²) in [6.07, 6.45) is 1.01. The summed E-state index contributed by atoms with van der Waals surface area (Å²) in [6.45, 7) is -0.143. The molecule has 1 saturated carbocycles. The molecule has 3 aromatic rings. The zero-order valence-electron chi connectivity index (χ0n) is 16.1. The number of rotatable bonds is 5. The maximum atomic E-state index is 13.6. The molecule has 0 radical (unpaired) electrons. The first kappa shape index (κ1) is 21.2. The molecule has 2 aromatic heterocycles. The van der Waals surface area contributed by atoms with Crippen molar-refractivity contribution in [2.45, 2.75) is 31.5 Å². The van der Waals surface area contributed by atoms with E-state index in [1.54, 1.807) is 18.2 Å². The molecule has 0 spiro atoms. The van der Waals surface area contributed by atoms with Crippen LogP contribution in [0.5, 0.6) is 0 Å². The molecular weight excluding hydrogens is 475 g/mol. The topological polar surface area (TPSA) is 85.0 Å². The summed E-state index contributed by atoms with van der Waals surface area (Å²) in [5.41, 5.74) is 5.46. The molecule has 31 heavy (non-hydrogen) atoms. The maximum absolute atomic E-state index is 13.6. The second-order valence-corrected chi connectivity index (χ2v) is 8.07. The van der Waals surface area contributed by atoms with Crippen LogP contribution in [0.1, 0.15) is 46.2 Å². The average Bonchev–Trinajstić information content (AvgIpc) is 3.59. The number of carbonyl (C=O) groups excluding carboxylic acids is 1. The number of nitrogens with two attached hydrogens (primary N) is 1. The summed E-state index contributed by atoms with van der Waals surface area (Å²) < 4.78 is 41.5. The highest BCUT2D eigenvalue weighted by Crippen LogP contribution is 2.38. The zero-order valence-corrected chi connectivity index (χ0v) is 17.7. The molecule has 1 fully saturated rings. The van der Waals surface area contributed by atoms with Gasteiger partial charge in [-0.1, -0.05) is 6.07 Å². The number of benzene rings is 1. The quantitative estimate of drug-likeness (QED) is 0.509. The van der Waals surface area contributed by atoms with Gasteiger partial charge in [0.25, 0.3) is 5.91 Å². The van der Waals surface area contributed by atoms with Crippen molar-refractivity contribution in [1.82, 2.24) is 15.0 Å². The lowest BCUT2D eigenvalue weighted by Gasteiger charge is -2.25. The predicted molar refractivity (Wildman–Crippen MR) is 112 cm³/mol. The third-order valence-electron chi connectivity index (χ3n) is 4.85. The molecule has 4 rings (SSSR count). The highest BCUT2D eigenvalue weighted by Gasteiger charge is 2.38. The number of amides is 1. The van der Waals surface area contributed by atoms with Crippen molar-refractivity contribution in [3.05, 3.63) is 76.0 Å². The number of carbonyl (C=O) groups is 1. The van der Waals surface area contributed by atoms with Crippen molar-refractivity contribution >= 4 is 33.2 Å². The number of nitrogens with zero attached hydrogens (tertiary/aromatic N) is 4. The number of halogens is 4. The third kappa shape index (κ3) is 4.68. The van der Waals surface area contributed by atoms with Gasteiger partial charge in [0.05, 0.1) is 17.8 Å². The van der Waals surface area contributed by atoms with E-state index in [0.717, 1.165) is 23.9 Å². The van der Waals surface area contributed by atoms with Gasteiger partial charge in [0.2, 0.25) is 0 Å². The van der Waals surface area contributed by atoms with Crippen molar-refractivity contribution in [2.24, 2.45) is 0 Å². The molecule has 1 aromatic carbocycles. The lowest BCUT2D eigenvalue weighted by atomic mass is 10.1. The summed E-state index contributed by atoms with van der Waals surface area (Å²) in [5, 5.41) is 0. The van der Waals surface area contributed by atoms with E-state index in [-0.39, 0.29) is 17.8 Å². The maximum Gasteiger partial charge on any atom is 0.435 e. The molecule has 160 valence electrons.